The summed E-state index contributed by atoms with van der Waals surface area (Å²) in [5, 5.41) is 11.6. The number of hydrazine groups is 1. The molecule has 0 unspecified atom stereocenters. The van der Waals surface area contributed by atoms with Gasteiger partial charge in [-0.15, -0.1) is 5.10 Å². The third-order valence-corrected chi connectivity index (χ3v) is 4.84. The molecular formula is C19H16N8O2S. The Morgan fingerprint density at radius 3 is 2.33 bits per heavy atom. The molecule has 2 amide bonds. The smallest absolute Gasteiger partial charge is 0.283 e. The Labute approximate surface area is 175 Å². The Kier molecular flexibility index (Phi) is 5.52. The van der Waals surface area contributed by atoms with Crippen LogP contribution in [0, 0.1) is 0 Å². The molecule has 30 heavy (non-hydrogen) atoms. The summed E-state index contributed by atoms with van der Waals surface area (Å²) < 4.78 is 3.20. The number of para-hydroxylation sites is 1. The van der Waals surface area contributed by atoms with E-state index < -0.39 is 11.8 Å². The van der Waals surface area contributed by atoms with Crippen LogP contribution in [0.2, 0.25) is 0 Å². The Morgan fingerprint density at radius 1 is 0.933 bits per heavy atom. The Bertz CT molecular complexity index is 1160. The van der Waals surface area contributed by atoms with Gasteiger partial charge in [0, 0.05) is 11.3 Å². The first-order valence-corrected chi connectivity index (χ1v) is 10.0. The molecule has 150 valence electrons. The molecule has 11 heteroatoms. The van der Waals surface area contributed by atoms with Crippen LogP contribution in [0.15, 0.2) is 72.3 Å². The molecule has 0 aliphatic rings. The molecule has 0 aliphatic carbocycles. The van der Waals surface area contributed by atoms with Crippen LogP contribution in [0.1, 0.15) is 20.8 Å². The number of benzene rings is 2. The van der Waals surface area contributed by atoms with E-state index in [9.17, 15) is 9.59 Å². The Morgan fingerprint density at radius 2 is 1.67 bits per heavy atom. The van der Waals surface area contributed by atoms with Crippen LogP contribution in [0.5, 0.6) is 0 Å². The zero-order valence-corrected chi connectivity index (χ0v) is 16.6. The molecule has 0 fully saturated rings. The van der Waals surface area contributed by atoms with Crippen LogP contribution in [-0.2, 0) is 0 Å². The van der Waals surface area contributed by atoms with Gasteiger partial charge in [-0.2, -0.15) is 0 Å². The molecular weight excluding hydrogens is 404 g/mol. The van der Waals surface area contributed by atoms with E-state index in [0.717, 1.165) is 5.69 Å². The first-order chi connectivity index (χ1) is 14.7. The molecule has 4 aromatic rings. The largest absolute Gasteiger partial charge is 0.288 e. The van der Waals surface area contributed by atoms with Crippen LogP contribution >= 0.6 is 11.8 Å². The minimum atomic E-state index is -0.481. The number of tetrazole rings is 1. The lowest BCUT2D eigenvalue weighted by Crippen LogP contribution is -2.42. The first kappa shape index (κ1) is 19.3. The number of nitrogens with one attached hydrogen (secondary N) is 2. The highest BCUT2D eigenvalue weighted by molar-refractivity contribution is 7.98. The SMILES string of the molecule is CSc1ncc(C(=O)NNC(=O)c2ccc(-n3cnnn3)cc2)n1-c1ccccc1. The van der Waals surface area contributed by atoms with Crippen molar-refractivity contribution in [2.45, 2.75) is 5.16 Å². The highest BCUT2D eigenvalue weighted by atomic mass is 32.2. The molecule has 4 rings (SSSR count). The van der Waals surface area contributed by atoms with Crippen molar-refractivity contribution in [2.75, 3.05) is 6.26 Å². The number of amides is 2. The van der Waals surface area contributed by atoms with Crippen LogP contribution in [0.25, 0.3) is 11.4 Å². The number of imidazole rings is 1. The van der Waals surface area contributed by atoms with Gasteiger partial charge in [-0.1, -0.05) is 30.0 Å². The number of carbonyl (C=O) groups is 2. The van der Waals surface area contributed by atoms with Crippen LogP contribution < -0.4 is 10.9 Å². The predicted octanol–water partition coefficient (Wildman–Crippen LogP) is 1.64. The van der Waals surface area contributed by atoms with Gasteiger partial charge in [-0.25, -0.2) is 9.67 Å². The van der Waals surface area contributed by atoms with Crippen molar-refractivity contribution in [3.8, 4) is 11.4 Å². The van der Waals surface area contributed by atoms with Gasteiger partial charge in [0.1, 0.15) is 12.0 Å². The van der Waals surface area contributed by atoms with Gasteiger partial charge in [0.05, 0.1) is 11.9 Å². The monoisotopic (exact) mass is 420 g/mol. The maximum atomic E-state index is 12.7. The van der Waals surface area contributed by atoms with Crippen molar-refractivity contribution < 1.29 is 9.59 Å². The molecule has 2 heterocycles. The lowest BCUT2D eigenvalue weighted by molar-refractivity contribution is 0.0842. The second kappa shape index (κ2) is 8.57. The summed E-state index contributed by atoms with van der Waals surface area (Å²) in [6, 6.07) is 16.0. The first-order valence-electron chi connectivity index (χ1n) is 8.78. The van der Waals surface area contributed by atoms with Crippen molar-refractivity contribution in [3.05, 3.63) is 78.4 Å². The van der Waals surface area contributed by atoms with Crippen molar-refractivity contribution in [1.82, 2.24) is 40.6 Å². The highest BCUT2D eigenvalue weighted by Crippen LogP contribution is 2.21. The lowest BCUT2D eigenvalue weighted by Gasteiger charge is -2.12. The third kappa shape index (κ3) is 3.91. The van der Waals surface area contributed by atoms with E-state index in [-0.39, 0.29) is 0 Å². The number of hydrogen-bond acceptors (Lipinski definition) is 7. The summed E-state index contributed by atoms with van der Waals surface area (Å²) in [7, 11) is 0. The van der Waals surface area contributed by atoms with Gasteiger partial charge in [0.25, 0.3) is 11.8 Å². The number of thioether (sulfide) groups is 1. The summed E-state index contributed by atoms with van der Waals surface area (Å²) in [4.78, 5) is 29.4. The van der Waals surface area contributed by atoms with Crippen molar-refractivity contribution in [1.29, 1.82) is 0 Å². The summed E-state index contributed by atoms with van der Waals surface area (Å²) in [5.74, 6) is -0.937. The van der Waals surface area contributed by atoms with E-state index >= 15 is 0 Å². The lowest BCUT2D eigenvalue weighted by atomic mass is 10.2. The maximum absolute atomic E-state index is 12.7. The van der Waals surface area contributed by atoms with E-state index in [1.165, 1.54) is 29.0 Å². The summed E-state index contributed by atoms with van der Waals surface area (Å²) >= 11 is 1.42. The highest BCUT2D eigenvalue weighted by Gasteiger charge is 2.18. The van der Waals surface area contributed by atoms with E-state index in [1.54, 1.807) is 28.8 Å². The van der Waals surface area contributed by atoms with Gasteiger partial charge in [-0.05, 0) is 53.1 Å². The summed E-state index contributed by atoms with van der Waals surface area (Å²) in [6.45, 7) is 0. The van der Waals surface area contributed by atoms with E-state index in [2.05, 4.69) is 31.4 Å². The summed E-state index contributed by atoms with van der Waals surface area (Å²) in [5.41, 5.74) is 7.04. The number of carbonyl (C=O) groups excluding carboxylic acids is 2. The molecule has 0 bridgehead atoms. The van der Waals surface area contributed by atoms with Crippen LogP contribution in [0.3, 0.4) is 0 Å². The third-order valence-electron chi connectivity index (χ3n) is 4.19. The fourth-order valence-electron chi connectivity index (χ4n) is 2.76. The topological polar surface area (TPSA) is 120 Å². The van der Waals surface area contributed by atoms with Gasteiger partial charge in [0.15, 0.2) is 5.16 Å². The standard InChI is InChI=1S/C19H16N8O2S/c1-30-19-20-11-16(27(19)15-5-3-2-4-6-15)18(29)23-22-17(28)13-7-9-14(10-8-13)26-12-21-24-25-26/h2-12H,1H3,(H,22,28)(H,23,29). The minimum Gasteiger partial charge on any atom is -0.283 e. The Hall–Kier alpha value is -3.99. The normalized spacial score (nSPS) is 10.6. The van der Waals surface area contributed by atoms with Gasteiger partial charge < -0.3 is 0 Å². The van der Waals surface area contributed by atoms with Crippen molar-refractivity contribution in [2.24, 2.45) is 0 Å². The zero-order valence-electron chi connectivity index (χ0n) is 15.8. The zero-order chi connectivity index (χ0) is 20.9. The van der Waals surface area contributed by atoms with Gasteiger partial charge >= 0.3 is 0 Å². The van der Waals surface area contributed by atoms with E-state index in [0.29, 0.717) is 22.1 Å². The van der Waals surface area contributed by atoms with Crippen molar-refractivity contribution >= 4 is 23.6 Å². The fourth-order valence-corrected chi connectivity index (χ4v) is 3.30. The molecule has 2 aromatic heterocycles. The molecule has 0 atom stereocenters. The molecule has 10 nitrogen and oxygen atoms in total. The molecule has 0 saturated heterocycles. The van der Waals surface area contributed by atoms with Crippen LogP contribution in [-0.4, -0.2) is 47.8 Å². The van der Waals surface area contributed by atoms with E-state index in [1.807, 2.05) is 36.6 Å². The van der Waals surface area contributed by atoms with Gasteiger partial charge in [0.2, 0.25) is 0 Å². The second-order valence-electron chi connectivity index (χ2n) is 6.01. The summed E-state index contributed by atoms with van der Waals surface area (Å²) in [6.07, 6.45) is 4.81. The molecule has 2 N–H and O–H groups in total. The molecule has 2 aromatic carbocycles. The molecule has 0 aliphatic heterocycles. The van der Waals surface area contributed by atoms with Crippen molar-refractivity contribution in [3.63, 3.8) is 0 Å². The minimum absolute atomic E-state index is 0.305. The number of nitrogens with zero attached hydrogens (tertiary/aromatic N) is 6. The van der Waals surface area contributed by atoms with E-state index in [4.69, 9.17) is 0 Å². The molecule has 0 spiro atoms. The fraction of sp³-hybridized carbons (Fsp3) is 0.0526. The average Bonchev–Trinajstić information content (AvgIpc) is 3.48. The number of rotatable bonds is 5. The molecule has 0 saturated carbocycles. The quantitative estimate of drug-likeness (QED) is 0.372. The second-order valence-corrected chi connectivity index (χ2v) is 6.78. The molecule has 0 radical (unpaired) electrons. The van der Waals surface area contributed by atoms with Crippen LogP contribution in [0.4, 0.5) is 0 Å². The Balaban J connectivity index is 1.46. The number of hydrogen-bond donors (Lipinski definition) is 2. The predicted molar refractivity (Wildman–Crippen MR) is 109 cm³/mol. The maximum Gasteiger partial charge on any atom is 0.288 e. The number of aromatic nitrogens is 6. The average molecular weight is 420 g/mol. The van der Waals surface area contributed by atoms with Gasteiger partial charge in [-0.3, -0.25) is 25.0 Å².